The smallest absolute Gasteiger partial charge is 0.255 e. The van der Waals surface area contributed by atoms with Gasteiger partial charge >= 0.3 is 0 Å². The standard InChI is InChI=1S/C20H14F3N3O2/c21-15-4-5-16(18(23)17(15)22)26-20(28)14-3-1-2-13(10-14)19(27)25-11-12-6-8-24-9-7-12/h1-10H,11H2,(H,25,27)(H,26,28). The Hall–Kier alpha value is -3.68. The number of carbonyl (C=O) groups is 2. The van der Waals surface area contributed by atoms with Crippen molar-refractivity contribution < 1.29 is 22.8 Å². The van der Waals surface area contributed by atoms with Gasteiger partial charge in [-0.15, -0.1) is 0 Å². The van der Waals surface area contributed by atoms with E-state index in [1.54, 1.807) is 24.5 Å². The van der Waals surface area contributed by atoms with Gasteiger partial charge in [0.2, 0.25) is 0 Å². The van der Waals surface area contributed by atoms with Crippen LogP contribution in [0, 0.1) is 17.5 Å². The van der Waals surface area contributed by atoms with Crippen molar-refractivity contribution in [3.05, 3.63) is 95.1 Å². The molecule has 0 aliphatic rings. The normalized spacial score (nSPS) is 10.4. The van der Waals surface area contributed by atoms with Crippen LogP contribution in [-0.2, 0) is 6.54 Å². The van der Waals surface area contributed by atoms with Crippen LogP contribution in [0.3, 0.4) is 0 Å². The van der Waals surface area contributed by atoms with Crippen molar-refractivity contribution >= 4 is 17.5 Å². The quantitative estimate of drug-likeness (QED) is 0.658. The molecule has 8 heteroatoms. The summed E-state index contributed by atoms with van der Waals surface area (Å²) in [7, 11) is 0. The van der Waals surface area contributed by atoms with Crippen LogP contribution in [0.25, 0.3) is 0 Å². The van der Waals surface area contributed by atoms with E-state index in [2.05, 4.69) is 15.6 Å². The minimum atomic E-state index is -1.68. The van der Waals surface area contributed by atoms with E-state index >= 15 is 0 Å². The fourth-order valence-corrected chi connectivity index (χ4v) is 2.40. The Kier molecular flexibility index (Phi) is 5.69. The number of aromatic nitrogens is 1. The van der Waals surface area contributed by atoms with Gasteiger partial charge in [-0.3, -0.25) is 14.6 Å². The first kappa shape index (κ1) is 19.1. The maximum absolute atomic E-state index is 13.7. The molecular weight excluding hydrogens is 371 g/mol. The van der Waals surface area contributed by atoms with Gasteiger partial charge in [0.25, 0.3) is 11.8 Å². The third-order valence-electron chi connectivity index (χ3n) is 3.87. The summed E-state index contributed by atoms with van der Waals surface area (Å²) in [6.45, 7) is 0.276. The molecule has 0 bridgehead atoms. The van der Waals surface area contributed by atoms with Gasteiger partial charge in [-0.2, -0.15) is 0 Å². The minimum absolute atomic E-state index is 0.0562. The summed E-state index contributed by atoms with van der Waals surface area (Å²) in [6, 6.07) is 10.8. The highest BCUT2D eigenvalue weighted by Crippen LogP contribution is 2.20. The summed E-state index contributed by atoms with van der Waals surface area (Å²) in [6.07, 6.45) is 3.20. The third-order valence-corrected chi connectivity index (χ3v) is 3.87. The van der Waals surface area contributed by atoms with E-state index in [1.807, 2.05) is 0 Å². The summed E-state index contributed by atoms with van der Waals surface area (Å²) < 4.78 is 40.0. The first-order chi connectivity index (χ1) is 13.5. The van der Waals surface area contributed by atoms with Crippen molar-refractivity contribution in [1.29, 1.82) is 0 Å². The first-order valence-electron chi connectivity index (χ1n) is 8.17. The van der Waals surface area contributed by atoms with Crippen LogP contribution in [-0.4, -0.2) is 16.8 Å². The molecule has 0 saturated heterocycles. The molecule has 0 aliphatic carbocycles. The number of carbonyl (C=O) groups excluding carboxylic acids is 2. The molecule has 0 radical (unpaired) electrons. The van der Waals surface area contributed by atoms with Crippen LogP contribution >= 0.6 is 0 Å². The molecule has 1 heterocycles. The largest absolute Gasteiger partial charge is 0.348 e. The summed E-state index contributed by atoms with van der Waals surface area (Å²) in [5.41, 5.74) is 0.621. The molecular formula is C20H14F3N3O2. The highest BCUT2D eigenvalue weighted by Gasteiger charge is 2.17. The number of benzene rings is 2. The van der Waals surface area contributed by atoms with Crippen molar-refractivity contribution in [1.82, 2.24) is 10.3 Å². The number of pyridine rings is 1. The van der Waals surface area contributed by atoms with Gasteiger partial charge in [0.15, 0.2) is 17.5 Å². The second-order valence-electron chi connectivity index (χ2n) is 5.80. The number of nitrogens with one attached hydrogen (secondary N) is 2. The molecule has 3 aromatic rings. The van der Waals surface area contributed by atoms with Crippen LogP contribution in [0.1, 0.15) is 26.3 Å². The van der Waals surface area contributed by atoms with Gasteiger partial charge in [-0.1, -0.05) is 6.07 Å². The van der Waals surface area contributed by atoms with Crippen LogP contribution in [0.4, 0.5) is 18.9 Å². The minimum Gasteiger partial charge on any atom is -0.348 e. The van der Waals surface area contributed by atoms with E-state index in [1.165, 1.54) is 24.3 Å². The Morgan fingerprint density at radius 2 is 1.54 bits per heavy atom. The van der Waals surface area contributed by atoms with E-state index in [4.69, 9.17) is 0 Å². The molecule has 0 aliphatic heterocycles. The number of hydrogen-bond donors (Lipinski definition) is 2. The number of halogens is 3. The summed E-state index contributed by atoms with van der Waals surface area (Å²) in [5.74, 6) is -5.72. The third kappa shape index (κ3) is 4.35. The zero-order valence-corrected chi connectivity index (χ0v) is 14.4. The Balaban J connectivity index is 1.71. The molecule has 0 saturated carbocycles. The van der Waals surface area contributed by atoms with E-state index in [0.29, 0.717) is 6.07 Å². The first-order valence-corrected chi connectivity index (χ1v) is 8.17. The summed E-state index contributed by atoms with van der Waals surface area (Å²) in [4.78, 5) is 28.4. The van der Waals surface area contributed by atoms with Gasteiger partial charge < -0.3 is 10.6 Å². The second-order valence-corrected chi connectivity index (χ2v) is 5.80. The van der Waals surface area contributed by atoms with Gasteiger partial charge in [0, 0.05) is 30.1 Å². The molecule has 1 aromatic heterocycles. The van der Waals surface area contributed by atoms with E-state index in [-0.39, 0.29) is 17.7 Å². The van der Waals surface area contributed by atoms with Gasteiger partial charge in [-0.05, 0) is 48.0 Å². The Morgan fingerprint density at radius 1 is 0.857 bits per heavy atom. The molecule has 3 rings (SSSR count). The molecule has 0 fully saturated rings. The molecule has 142 valence electrons. The predicted octanol–water partition coefficient (Wildman–Crippen LogP) is 3.68. The van der Waals surface area contributed by atoms with Crippen molar-refractivity contribution in [3.8, 4) is 0 Å². The number of nitrogens with zero attached hydrogens (tertiary/aromatic N) is 1. The van der Waals surface area contributed by atoms with Gasteiger partial charge in [0.1, 0.15) is 0 Å². The topological polar surface area (TPSA) is 71.1 Å². The van der Waals surface area contributed by atoms with Gasteiger partial charge in [-0.25, -0.2) is 13.2 Å². The monoisotopic (exact) mass is 385 g/mol. The van der Waals surface area contributed by atoms with Crippen molar-refractivity contribution in [2.75, 3.05) is 5.32 Å². The fourth-order valence-electron chi connectivity index (χ4n) is 2.40. The van der Waals surface area contributed by atoms with Crippen molar-refractivity contribution in [3.63, 3.8) is 0 Å². The maximum atomic E-state index is 13.7. The van der Waals surface area contributed by atoms with Crippen LogP contribution in [0.15, 0.2) is 60.9 Å². The lowest BCUT2D eigenvalue weighted by Crippen LogP contribution is -2.23. The number of amides is 2. The molecule has 0 spiro atoms. The number of anilines is 1. The maximum Gasteiger partial charge on any atom is 0.255 e. The average molecular weight is 385 g/mol. The molecule has 0 atom stereocenters. The predicted molar refractivity (Wildman–Crippen MR) is 96.1 cm³/mol. The van der Waals surface area contributed by atoms with Crippen LogP contribution in [0.5, 0.6) is 0 Å². The average Bonchev–Trinajstić information content (AvgIpc) is 2.73. The molecule has 2 aromatic carbocycles. The number of hydrogen-bond acceptors (Lipinski definition) is 3. The number of rotatable bonds is 5. The zero-order valence-electron chi connectivity index (χ0n) is 14.4. The summed E-state index contributed by atoms with van der Waals surface area (Å²) >= 11 is 0. The van der Waals surface area contributed by atoms with Crippen LogP contribution in [0.2, 0.25) is 0 Å². The lowest BCUT2D eigenvalue weighted by molar-refractivity contribution is 0.0951. The Labute approximate surface area is 158 Å². The Morgan fingerprint density at radius 3 is 2.25 bits per heavy atom. The SMILES string of the molecule is O=C(NCc1ccncc1)c1cccc(C(=O)Nc2ccc(F)c(F)c2F)c1. The molecule has 2 amide bonds. The highest BCUT2D eigenvalue weighted by molar-refractivity contribution is 6.06. The zero-order chi connectivity index (χ0) is 20.1. The Bertz CT molecular complexity index is 1030. The van der Waals surface area contributed by atoms with E-state index in [9.17, 15) is 22.8 Å². The van der Waals surface area contributed by atoms with Crippen molar-refractivity contribution in [2.45, 2.75) is 6.54 Å². The van der Waals surface area contributed by atoms with E-state index < -0.39 is 35.0 Å². The molecule has 2 N–H and O–H groups in total. The lowest BCUT2D eigenvalue weighted by atomic mass is 10.1. The molecule has 28 heavy (non-hydrogen) atoms. The fraction of sp³-hybridized carbons (Fsp3) is 0.0500. The molecule has 0 unspecified atom stereocenters. The van der Waals surface area contributed by atoms with E-state index in [0.717, 1.165) is 11.6 Å². The van der Waals surface area contributed by atoms with Gasteiger partial charge in [0.05, 0.1) is 5.69 Å². The van der Waals surface area contributed by atoms with Crippen molar-refractivity contribution in [2.24, 2.45) is 0 Å². The van der Waals surface area contributed by atoms with Crippen LogP contribution < -0.4 is 10.6 Å². The summed E-state index contributed by atoms with van der Waals surface area (Å²) in [5, 5.41) is 4.86. The highest BCUT2D eigenvalue weighted by atomic mass is 19.2. The molecule has 5 nitrogen and oxygen atoms in total. The lowest BCUT2D eigenvalue weighted by Gasteiger charge is -2.09. The second kappa shape index (κ2) is 8.34.